The van der Waals surface area contributed by atoms with Gasteiger partial charge in [-0.1, -0.05) is 13.8 Å². The first-order chi connectivity index (χ1) is 9.24. The van der Waals surface area contributed by atoms with Crippen LogP contribution in [0.3, 0.4) is 0 Å². The average molecular weight is 274 g/mol. The zero-order valence-corrected chi connectivity index (χ0v) is 12.0. The van der Waals surface area contributed by atoms with Crippen LogP contribution in [-0.2, 0) is 6.54 Å². The van der Waals surface area contributed by atoms with Crippen LogP contribution in [0.4, 0.5) is 0 Å². The zero-order valence-electron chi connectivity index (χ0n) is 11.2. The molecule has 0 amide bonds. The fourth-order valence-corrected chi connectivity index (χ4v) is 2.18. The molecule has 2 heterocycles. The molecule has 100 valence electrons. The van der Waals surface area contributed by atoms with E-state index in [0.29, 0.717) is 5.92 Å². The van der Waals surface area contributed by atoms with Gasteiger partial charge in [0.25, 0.3) is 0 Å². The normalized spacial score (nSPS) is 10.9. The smallest absolute Gasteiger partial charge is 0.192 e. The van der Waals surface area contributed by atoms with E-state index in [2.05, 4.69) is 34.1 Å². The third-order valence-electron chi connectivity index (χ3n) is 2.42. The molecule has 0 bridgehead atoms. The van der Waals surface area contributed by atoms with Gasteiger partial charge < -0.3 is 5.32 Å². The minimum atomic E-state index is 0.655. The van der Waals surface area contributed by atoms with Gasteiger partial charge in [0.05, 0.1) is 0 Å². The highest BCUT2D eigenvalue weighted by Crippen LogP contribution is 2.22. The number of rotatable bonds is 6. The molecule has 19 heavy (non-hydrogen) atoms. The molecule has 4 nitrogen and oxygen atoms in total. The van der Waals surface area contributed by atoms with E-state index in [4.69, 9.17) is 0 Å². The number of nitrogens with zero attached hydrogens (tertiary/aromatic N) is 3. The van der Waals surface area contributed by atoms with Gasteiger partial charge >= 0.3 is 0 Å². The topological polar surface area (TPSA) is 50.7 Å². The second kappa shape index (κ2) is 7.21. The summed E-state index contributed by atoms with van der Waals surface area (Å²) in [6.07, 6.45) is 7.30. The quantitative estimate of drug-likeness (QED) is 0.821. The first-order valence-electron chi connectivity index (χ1n) is 6.33. The van der Waals surface area contributed by atoms with Gasteiger partial charge in [-0.05, 0) is 36.4 Å². The lowest BCUT2D eigenvalue weighted by atomic mass is 10.2. The van der Waals surface area contributed by atoms with Crippen molar-refractivity contribution >= 4 is 11.8 Å². The van der Waals surface area contributed by atoms with Crippen LogP contribution < -0.4 is 5.32 Å². The molecule has 2 aromatic rings. The predicted molar refractivity (Wildman–Crippen MR) is 76.9 cm³/mol. The van der Waals surface area contributed by atoms with Crippen molar-refractivity contribution in [2.45, 2.75) is 30.4 Å². The van der Waals surface area contributed by atoms with Crippen LogP contribution in [0.25, 0.3) is 0 Å². The average Bonchev–Trinajstić information content (AvgIpc) is 2.42. The molecule has 0 aromatic carbocycles. The number of hydrogen-bond acceptors (Lipinski definition) is 5. The van der Waals surface area contributed by atoms with Gasteiger partial charge in [0, 0.05) is 41.8 Å². The van der Waals surface area contributed by atoms with Crippen LogP contribution in [0.15, 0.2) is 47.0 Å². The number of aromatic nitrogens is 3. The fraction of sp³-hybridized carbons (Fsp3) is 0.357. The van der Waals surface area contributed by atoms with Gasteiger partial charge in [0.2, 0.25) is 0 Å². The lowest BCUT2D eigenvalue weighted by Crippen LogP contribution is -2.19. The van der Waals surface area contributed by atoms with E-state index >= 15 is 0 Å². The summed E-state index contributed by atoms with van der Waals surface area (Å²) in [6.45, 7) is 6.21. The second-order valence-corrected chi connectivity index (χ2v) is 5.72. The van der Waals surface area contributed by atoms with Gasteiger partial charge in [-0.25, -0.2) is 9.97 Å². The number of nitrogens with one attached hydrogen (secondary N) is 1. The van der Waals surface area contributed by atoms with E-state index in [1.807, 2.05) is 24.5 Å². The van der Waals surface area contributed by atoms with Crippen molar-refractivity contribution in [3.05, 3.63) is 42.5 Å². The number of pyridine rings is 1. The highest BCUT2D eigenvalue weighted by Gasteiger charge is 2.01. The van der Waals surface area contributed by atoms with Gasteiger partial charge in [0.1, 0.15) is 0 Å². The third-order valence-corrected chi connectivity index (χ3v) is 3.32. The summed E-state index contributed by atoms with van der Waals surface area (Å²) in [5, 5.41) is 4.14. The predicted octanol–water partition coefficient (Wildman–Crippen LogP) is 2.77. The molecule has 0 fully saturated rings. The van der Waals surface area contributed by atoms with Crippen molar-refractivity contribution < 1.29 is 0 Å². The lowest BCUT2D eigenvalue weighted by molar-refractivity contribution is 0.550. The van der Waals surface area contributed by atoms with Crippen molar-refractivity contribution in [3.8, 4) is 0 Å². The molecule has 0 saturated carbocycles. The summed E-state index contributed by atoms with van der Waals surface area (Å²) < 4.78 is 0. The fourth-order valence-electron chi connectivity index (χ4n) is 1.50. The Bertz CT molecular complexity index is 485. The van der Waals surface area contributed by atoms with Crippen LogP contribution in [0.1, 0.15) is 19.4 Å². The molecule has 5 heteroatoms. The summed E-state index contributed by atoms with van der Waals surface area (Å²) in [4.78, 5) is 13.8. The van der Waals surface area contributed by atoms with E-state index in [9.17, 15) is 0 Å². The largest absolute Gasteiger partial charge is 0.312 e. The van der Waals surface area contributed by atoms with Crippen molar-refractivity contribution in [1.82, 2.24) is 20.3 Å². The molecule has 0 aliphatic carbocycles. The van der Waals surface area contributed by atoms with Crippen molar-refractivity contribution in [3.63, 3.8) is 0 Å². The molecule has 2 rings (SSSR count). The van der Waals surface area contributed by atoms with Crippen LogP contribution in [0.5, 0.6) is 0 Å². The SMILES string of the molecule is CC(C)CNCc1cnc(Sc2ccncc2)nc1. The van der Waals surface area contributed by atoms with E-state index in [1.165, 1.54) is 0 Å². The first kappa shape index (κ1) is 14.0. The molecule has 0 atom stereocenters. The lowest BCUT2D eigenvalue weighted by Gasteiger charge is -2.07. The molecule has 0 aliphatic heterocycles. The van der Waals surface area contributed by atoms with E-state index < -0.39 is 0 Å². The van der Waals surface area contributed by atoms with E-state index in [0.717, 1.165) is 28.7 Å². The Morgan fingerprint density at radius 3 is 2.47 bits per heavy atom. The minimum absolute atomic E-state index is 0.655. The Kier molecular flexibility index (Phi) is 5.30. The highest BCUT2D eigenvalue weighted by molar-refractivity contribution is 7.99. The molecule has 0 aliphatic rings. The van der Waals surface area contributed by atoms with Crippen molar-refractivity contribution in [2.24, 2.45) is 5.92 Å². The summed E-state index contributed by atoms with van der Waals surface area (Å²) >= 11 is 1.54. The minimum Gasteiger partial charge on any atom is -0.312 e. The Labute approximate surface area is 118 Å². The van der Waals surface area contributed by atoms with E-state index in [1.54, 1.807) is 24.2 Å². The van der Waals surface area contributed by atoms with Crippen LogP contribution in [0.2, 0.25) is 0 Å². The standard InChI is InChI=1S/C14H18N4S/c1-11(2)7-16-8-12-9-17-14(18-10-12)19-13-3-5-15-6-4-13/h3-6,9-11,16H,7-8H2,1-2H3. The molecule has 0 unspecified atom stereocenters. The van der Waals surface area contributed by atoms with Gasteiger partial charge in [-0.15, -0.1) is 0 Å². The van der Waals surface area contributed by atoms with Crippen LogP contribution >= 0.6 is 11.8 Å². The zero-order chi connectivity index (χ0) is 13.5. The molecular formula is C14H18N4S. The van der Waals surface area contributed by atoms with Crippen LogP contribution in [0, 0.1) is 5.92 Å². The maximum absolute atomic E-state index is 4.36. The molecule has 0 spiro atoms. The maximum atomic E-state index is 4.36. The van der Waals surface area contributed by atoms with E-state index in [-0.39, 0.29) is 0 Å². The maximum Gasteiger partial charge on any atom is 0.192 e. The number of hydrogen-bond donors (Lipinski definition) is 1. The van der Waals surface area contributed by atoms with Gasteiger partial charge in [-0.3, -0.25) is 4.98 Å². The highest BCUT2D eigenvalue weighted by atomic mass is 32.2. The molecule has 1 N–H and O–H groups in total. The third kappa shape index (κ3) is 4.96. The summed E-state index contributed by atoms with van der Waals surface area (Å²) in [7, 11) is 0. The van der Waals surface area contributed by atoms with Gasteiger partial charge in [0.15, 0.2) is 5.16 Å². The first-order valence-corrected chi connectivity index (χ1v) is 7.15. The Morgan fingerprint density at radius 1 is 1.16 bits per heavy atom. The summed E-state index contributed by atoms with van der Waals surface area (Å²) in [6, 6.07) is 3.90. The second-order valence-electron chi connectivity index (χ2n) is 4.68. The van der Waals surface area contributed by atoms with Crippen molar-refractivity contribution in [2.75, 3.05) is 6.54 Å². The molecule has 0 saturated heterocycles. The molecule has 2 aromatic heterocycles. The summed E-state index contributed by atoms with van der Waals surface area (Å²) in [5.41, 5.74) is 1.11. The monoisotopic (exact) mass is 274 g/mol. The van der Waals surface area contributed by atoms with Crippen LogP contribution in [-0.4, -0.2) is 21.5 Å². The Hall–Kier alpha value is -1.46. The van der Waals surface area contributed by atoms with Gasteiger partial charge in [-0.2, -0.15) is 0 Å². The van der Waals surface area contributed by atoms with Crippen molar-refractivity contribution in [1.29, 1.82) is 0 Å². The Morgan fingerprint density at radius 2 is 1.84 bits per heavy atom. The molecule has 0 radical (unpaired) electrons. The Balaban J connectivity index is 1.88. The summed E-state index contributed by atoms with van der Waals surface area (Å²) in [5.74, 6) is 0.655. The molecular weight excluding hydrogens is 256 g/mol.